The monoisotopic (exact) mass is 473 g/mol. The third-order valence-corrected chi connectivity index (χ3v) is 6.98. The lowest BCUT2D eigenvalue weighted by Gasteiger charge is -2.36. The second-order valence-electron chi connectivity index (χ2n) is 7.37. The molecule has 0 aromatic heterocycles. The smallest absolute Gasteiger partial charge is 0.261 e. The fraction of sp³-hybridized carbons (Fsp3) is 0.174. The van der Waals surface area contributed by atoms with Crippen molar-refractivity contribution in [2.24, 2.45) is 0 Å². The molecule has 3 aromatic carbocycles. The first-order valence-corrected chi connectivity index (χ1v) is 11.9. The van der Waals surface area contributed by atoms with Crippen LogP contribution in [0.1, 0.15) is 10.4 Å². The predicted octanol–water partition coefficient (Wildman–Crippen LogP) is 4.24. The van der Waals surface area contributed by atoms with E-state index in [0.717, 1.165) is 5.69 Å². The van der Waals surface area contributed by atoms with Gasteiger partial charge in [0.25, 0.3) is 15.9 Å². The SMILES string of the molecule is O=C(c1ccc(S(=O)(=O)Nc2ccc(F)cc2)cc1)N1CCN(c2ccccc2Cl)CC1. The molecule has 0 aliphatic carbocycles. The van der Waals surface area contributed by atoms with E-state index >= 15 is 0 Å². The molecule has 4 rings (SSSR count). The van der Waals surface area contributed by atoms with Crippen molar-refractivity contribution >= 4 is 38.9 Å². The van der Waals surface area contributed by atoms with Gasteiger partial charge < -0.3 is 9.80 Å². The number of piperazine rings is 1. The van der Waals surface area contributed by atoms with Crippen LogP contribution in [0.4, 0.5) is 15.8 Å². The number of carbonyl (C=O) groups excluding carboxylic acids is 1. The number of benzene rings is 3. The lowest BCUT2D eigenvalue weighted by molar-refractivity contribution is 0.0746. The Kier molecular flexibility index (Phi) is 6.34. The van der Waals surface area contributed by atoms with Crippen LogP contribution in [0.5, 0.6) is 0 Å². The van der Waals surface area contributed by atoms with Crippen molar-refractivity contribution in [2.75, 3.05) is 35.8 Å². The number of halogens is 2. The highest BCUT2D eigenvalue weighted by Gasteiger charge is 2.24. The molecule has 1 aliphatic heterocycles. The fourth-order valence-electron chi connectivity index (χ4n) is 3.55. The Labute approximate surface area is 191 Å². The van der Waals surface area contributed by atoms with E-state index in [-0.39, 0.29) is 16.5 Å². The topological polar surface area (TPSA) is 69.7 Å². The summed E-state index contributed by atoms with van der Waals surface area (Å²) in [6.45, 7) is 2.39. The van der Waals surface area contributed by atoms with Gasteiger partial charge in [0.1, 0.15) is 5.82 Å². The quantitative estimate of drug-likeness (QED) is 0.601. The number of hydrogen-bond acceptors (Lipinski definition) is 4. The summed E-state index contributed by atoms with van der Waals surface area (Å²) in [5.41, 5.74) is 1.62. The van der Waals surface area contributed by atoms with Gasteiger partial charge in [-0.3, -0.25) is 9.52 Å². The van der Waals surface area contributed by atoms with Crippen LogP contribution in [0.3, 0.4) is 0 Å². The molecule has 32 heavy (non-hydrogen) atoms. The standard InChI is InChI=1S/C23H21ClFN3O3S/c24-21-3-1-2-4-22(21)27-13-15-28(16-14-27)23(29)17-5-11-20(12-6-17)32(30,31)26-19-9-7-18(25)8-10-19/h1-12,26H,13-16H2. The molecular formula is C23H21ClFN3O3S. The minimum absolute atomic E-state index is 0.0157. The first-order chi connectivity index (χ1) is 15.3. The van der Waals surface area contributed by atoms with E-state index in [2.05, 4.69) is 9.62 Å². The molecule has 0 bridgehead atoms. The summed E-state index contributed by atoms with van der Waals surface area (Å²) in [6.07, 6.45) is 0. The molecule has 1 amide bonds. The van der Waals surface area contributed by atoms with Crippen LogP contribution in [0.25, 0.3) is 0 Å². The summed E-state index contributed by atoms with van der Waals surface area (Å²) in [7, 11) is -3.85. The number of rotatable bonds is 5. The van der Waals surface area contributed by atoms with Gasteiger partial charge in [-0.15, -0.1) is 0 Å². The van der Waals surface area contributed by atoms with Gasteiger partial charge in [0.2, 0.25) is 0 Å². The summed E-state index contributed by atoms with van der Waals surface area (Å²) in [4.78, 5) is 16.8. The third kappa shape index (κ3) is 4.87. The van der Waals surface area contributed by atoms with Crippen molar-refractivity contribution in [2.45, 2.75) is 4.90 Å². The molecular weight excluding hydrogens is 453 g/mol. The Morgan fingerprint density at radius 1 is 0.875 bits per heavy atom. The molecule has 6 nitrogen and oxygen atoms in total. The summed E-state index contributed by atoms with van der Waals surface area (Å²) < 4.78 is 40.5. The average Bonchev–Trinajstić information content (AvgIpc) is 2.80. The van der Waals surface area contributed by atoms with Gasteiger partial charge in [-0.1, -0.05) is 23.7 Å². The number of hydrogen-bond donors (Lipinski definition) is 1. The summed E-state index contributed by atoms with van der Waals surface area (Å²) >= 11 is 6.27. The molecule has 0 spiro atoms. The van der Waals surface area contributed by atoms with Crippen molar-refractivity contribution < 1.29 is 17.6 Å². The zero-order chi connectivity index (χ0) is 22.7. The van der Waals surface area contributed by atoms with E-state index in [1.54, 1.807) is 4.90 Å². The average molecular weight is 474 g/mol. The third-order valence-electron chi connectivity index (χ3n) is 5.27. The number of amides is 1. The lowest BCUT2D eigenvalue weighted by Crippen LogP contribution is -2.48. The highest BCUT2D eigenvalue weighted by atomic mass is 35.5. The molecule has 1 heterocycles. The van der Waals surface area contributed by atoms with E-state index in [9.17, 15) is 17.6 Å². The largest absolute Gasteiger partial charge is 0.367 e. The predicted molar refractivity (Wildman–Crippen MR) is 123 cm³/mol. The maximum Gasteiger partial charge on any atom is 0.261 e. The number of nitrogens with one attached hydrogen (secondary N) is 1. The van der Waals surface area contributed by atoms with Crippen LogP contribution in [0.15, 0.2) is 77.7 Å². The Morgan fingerprint density at radius 2 is 1.50 bits per heavy atom. The minimum atomic E-state index is -3.85. The molecule has 0 unspecified atom stereocenters. The molecule has 1 aliphatic rings. The van der Waals surface area contributed by atoms with Gasteiger partial charge in [0.15, 0.2) is 0 Å². The van der Waals surface area contributed by atoms with Crippen LogP contribution >= 0.6 is 11.6 Å². The van der Waals surface area contributed by atoms with E-state index in [0.29, 0.717) is 36.8 Å². The Hall–Kier alpha value is -3.10. The Balaban J connectivity index is 1.40. The van der Waals surface area contributed by atoms with Crippen molar-refractivity contribution in [3.05, 3.63) is 89.2 Å². The lowest BCUT2D eigenvalue weighted by atomic mass is 10.1. The van der Waals surface area contributed by atoms with Crippen molar-refractivity contribution in [3.8, 4) is 0 Å². The van der Waals surface area contributed by atoms with Gasteiger partial charge in [-0.2, -0.15) is 0 Å². The highest BCUT2D eigenvalue weighted by molar-refractivity contribution is 7.92. The van der Waals surface area contributed by atoms with Gasteiger partial charge in [0.05, 0.1) is 15.6 Å². The number of nitrogens with zero attached hydrogens (tertiary/aromatic N) is 2. The minimum Gasteiger partial charge on any atom is -0.367 e. The van der Waals surface area contributed by atoms with E-state index in [4.69, 9.17) is 11.6 Å². The fourth-order valence-corrected chi connectivity index (χ4v) is 4.86. The molecule has 166 valence electrons. The van der Waals surface area contributed by atoms with E-state index in [1.807, 2.05) is 24.3 Å². The molecule has 0 saturated carbocycles. The molecule has 1 saturated heterocycles. The zero-order valence-corrected chi connectivity index (χ0v) is 18.6. The number of carbonyl (C=O) groups is 1. The first kappa shape index (κ1) is 22.1. The van der Waals surface area contributed by atoms with Crippen LogP contribution < -0.4 is 9.62 Å². The van der Waals surface area contributed by atoms with Crippen LogP contribution in [0, 0.1) is 5.82 Å². The normalized spacial score (nSPS) is 14.3. The van der Waals surface area contributed by atoms with Crippen molar-refractivity contribution in [1.82, 2.24) is 4.90 Å². The molecule has 1 N–H and O–H groups in total. The van der Waals surface area contributed by atoms with E-state index in [1.165, 1.54) is 48.5 Å². The molecule has 1 fully saturated rings. The Bertz CT molecular complexity index is 1210. The molecule has 0 atom stereocenters. The second-order valence-corrected chi connectivity index (χ2v) is 9.46. The highest BCUT2D eigenvalue weighted by Crippen LogP contribution is 2.26. The van der Waals surface area contributed by atoms with Crippen molar-refractivity contribution in [1.29, 1.82) is 0 Å². The van der Waals surface area contributed by atoms with Gasteiger partial charge in [-0.05, 0) is 60.7 Å². The maximum atomic E-state index is 13.0. The second kappa shape index (κ2) is 9.18. The number of anilines is 2. The molecule has 0 radical (unpaired) electrons. The maximum absolute atomic E-state index is 13.0. The van der Waals surface area contributed by atoms with Crippen LogP contribution in [0.2, 0.25) is 5.02 Å². The van der Waals surface area contributed by atoms with Crippen LogP contribution in [-0.2, 0) is 10.0 Å². The van der Waals surface area contributed by atoms with E-state index < -0.39 is 15.8 Å². The van der Waals surface area contributed by atoms with Crippen LogP contribution in [-0.4, -0.2) is 45.4 Å². The summed E-state index contributed by atoms with van der Waals surface area (Å²) in [6, 6.07) is 18.4. The summed E-state index contributed by atoms with van der Waals surface area (Å²) in [5, 5.41) is 0.679. The number of para-hydroxylation sites is 1. The van der Waals surface area contributed by atoms with Crippen molar-refractivity contribution in [3.63, 3.8) is 0 Å². The Morgan fingerprint density at radius 3 is 2.12 bits per heavy atom. The molecule has 9 heteroatoms. The zero-order valence-electron chi connectivity index (χ0n) is 17.0. The van der Waals surface area contributed by atoms with Gasteiger partial charge in [0, 0.05) is 37.4 Å². The molecule has 3 aromatic rings. The number of sulfonamides is 1. The summed E-state index contributed by atoms with van der Waals surface area (Å²) in [5.74, 6) is -0.609. The van der Waals surface area contributed by atoms with Gasteiger partial charge >= 0.3 is 0 Å². The first-order valence-electron chi connectivity index (χ1n) is 10.0. The van der Waals surface area contributed by atoms with Gasteiger partial charge in [-0.25, -0.2) is 12.8 Å².